The fraction of sp³-hybridized carbons (Fsp3) is 0.444. The molecule has 0 saturated carbocycles. The molecule has 0 bridgehead atoms. The Kier molecular flexibility index (Phi) is 9.33. The molecule has 1 heterocycles. The van der Waals surface area contributed by atoms with E-state index in [1.807, 2.05) is 23.0 Å². The standard InChI is InChI=1S/C18H27N5O.HI/c1-14-7-8-17(24-4)16(13-14)15(2)22-18(19-3)20-9-5-11-23-12-6-10-21-23;/h6-8,10,12-13,15H,5,9,11H2,1-4H3,(H2,19,20,22);1H. The molecular weight excluding hydrogens is 429 g/mol. The van der Waals surface area contributed by atoms with Crippen molar-refractivity contribution in [3.63, 3.8) is 0 Å². The largest absolute Gasteiger partial charge is 0.496 e. The van der Waals surface area contributed by atoms with Gasteiger partial charge in [0.2, 0.25) is 0 Å². The first-order chi connectivity index (χ1) is 11.6. The molecule has 0 radical (unpaired) electrons. The second kappa shape index (κ2) is 11.0. The lowest BCUT2D eigenvalue weighted by Crippen LogP contribution is -2.39. The highest BCUT2D eigenvalue weighted by molar-refractivity contribution is 14.0. The summed E-state index contributed by atoms with van der Waals surface area (Å²) in [5, 5.41) is 11.0. The first kappa shape index (κ1) is 21.3. The number of methoxy groups -OCH3 is 1. The molecule has 138 valence electrons. The number of guanidine groups is 1. The monoisotopic (exact) mass is 457 g/mol. The van der Waals surface area contributed by atoms with Gasteiger partial charge in [0.1, 0.15) is 5.75 Å². The second-order valence-corrected chi connectivity index (χ2v) is 5.73. The zero-order chi connectivity index (χ0) is 17.4. The fourth-order valence-electron chi connectivity index (χ4n) is 2.55. The highest BCUT2D eigenvalue weighted by atomic mass is 127. The van der Waals surface area contributed by atoms with Crippen molar-refractivity contribution in [2.45, 2.75) is 32.9 Å². The molecule has 0 saturated heterocycles. The minimum atomic E-state index is 0. The number of nitrogens with one attached hydrogen (secondary N) is 2. The quantitative estimate of drug-likeness (QED) is 0.290. The van der Waals surface area contributed by atoms with Crippen LogP contribution in [-0.2, 0) is 6.54 Å². The maximum Gasteiger partial charge on any atom is 0.191 e. The number of aromatic nitrogens is 2. The summed E-state index contributed by atoms with van der Waals surface area (Å²) in [7, 11) is 3.48. The average Bonchev–Trinajstić information content (AvgIpc) is 3.10. The molecule has 0 aliphatic rings. The summed E-state index contributed by atoms with van der Waals surface area (Å²) in [6, 6.07) is 8.23. The molecule has 2 N–H and O–H groups in total. The van der Waals surface area contributed by atoms with Crippen LogP contribution in [0.2, 0.25) is 0 Å². The lowest BCUT2D eigenvalue weighted by atomic mass is 10.0. The van der Waals surface area contributed by atoms with E-state index in [1.165, 1.54) is 5.56 Å². The van der Waals surface area contributed by atoms with Gasteiger partial charge in [0, 0.05) is 38.1 Å². The minimum Gasteiger partial charge on any atom is -0.496 e. The van der Waals surface area contributed by atoms with Gasteiger partial charge in [-0.15, -0.1) is 24.0 Å². The number of nitrogens with zero attached hydrogens (tertiary/aromatic N) is 3. The number of benzene rings is 1. The van der Waals surface area contributed by atoms with E-state index in [0.717, 1.165) is 36.8 Å². The van der Waals surface area contributed by atoms with Gasteiger partial charge < -0.3 is 15.4 Å². The summed E-state index contributed by atoms with van der Waals surface area (Å²) in [6.45, 7) is 5.90. The molecule has 0 aliphatic heterocycles. The minimum absolute atomic E-state index is 0. The van der Waals surface area contributed by atoms with Crippen LogP contribution in [0.15, 0.2) is 41.7 Å². The Morgan fingerprint density at radius 3 is 2.84 bits per heavy atom. The summed E-state index contributed by atoms with van der Waals surface area (Å²) in [4.78, 5) is 4.30. The van der Waals surface area contributed by atoms with E-state index in [9.17, 15) is 0 Å². The van der Waals surface area contributed by atoms with Crippen LogP contribution in [0, 0.1) is 6.92 Å². The summed E-state index contributed by atoms with van der Waals surface area (Å²) in [6.07, 6.45) is 4.74. The third-order valence-corrected chi connectivity index (χ3v) is 3.84. The van der Waals surface area contributed by atoms with Crippen molar-refractivity contribution < 1.29 is 4.74 Å². The number of rotatable bonds is 7. The number of aryl methyl sites for hydroxylation is 2. The van der Waals surface area contributed by atoms with Gasteiger partial charge in [-0.1, -0.05) is 17.7 Å². The van der Waals surface area contributed by atoms with Gasteiger partial charge in [-0.2, -0.15) is 5.10 Å². The molecule has 0 fully saturated rings. The zero-order valence-electron chi connectivity index (χ0n) is 15.3. The predicted molar refractivity (Wildman–Crippen MR) is 113 cm³/mol. The molecule has 1 aromatic carbocycles. The van der Waals surface area contributed by atoms with Gasteiger partial charge in [-0.3, -0.25) is 9.67 Å². The Bertz CT molecular complexity index is 657. The van der Waals surface area contributed by atoms with Gasteiger partial charge >= 0.3 is 0 Å². The third-order valence-electron chi connectivity index (χ3n) is 3.84. The van der Waals surface area contributed by atoms with Crippen molar-refractivity contribution in [2.75, 3.05) is 20.7 Å². The van der Waals surface area contributed by atoms with E-state index in [0.29, 0.717) is 0 Å². The van der Waals surface area contributed by atoms with Crippen LogP contribution >= 0.6 is 24.0 Å². The Morgan fingerprint density at radius 1 is 1.40 bits per heavy atom. The Hall–Kier alpha value is -1.77. The molecule has 0 aliphatic carbocycles. The van der Waals surface area contributed by atoms with Gasteiger partial charge in [-0.05, 0) is 32.4 Å². The topological polar surface area (TPSA) is 63.5 Å². The van der Waals surface area contributed by atoms with E-state index >= 15 is 0 Å². The number of hydrogen-bond donors (Lipinski definition) is 2. The zero-order valence-corrected chi connectivity index (χ0v) is 17.7. The molecule has 6 nitrogen and oxygen atoms in total. The number of ether oxygens (including phenoxy) is 1. The first-order valence-corrected chi connectivity index (χ1v) is 8.23. The lowest BCUT2D eigenvalue weighted by molar-refractivity contribution is 0.405. The van der Waals surface area contributed by atoms with E-state index < -0.39 is 0 Å². The summed E-state index contributed by atoms with van der Waals surface area (Å²) < 4.78 is 7.40. The molecule has 7 heteroatoms. The predicted octanol–water partition coefficient (Wildman–Crippen LogP) is 3.13. The molecule has 0 spiro atoms. The average molecular weight is 457 g/mol. The Morgan fingerprint density at radius 2 is 2.20 bits per heavy atom. The van der Waals surface area contributed by atoms with E-state index in [2.05, 4.69) is 46.7 Å². The van der Waals surface area contributed by atoms with Crippen LogP contribution in [0.1, 0.15) is 30.5 Å². The van der Waals surface area contributed by atoms with Crippen molar-refractivity contribution >= 4 is 29.9 Å². The van der Waals surface area contributed by atoms with Crippen LogP contribution in [0.4, 0.5) is 0 Å². The van der Waals surface area contributed by atoms with Crippen LogP contribution < -0.4 is 15.4 Å². The van der Waals surface area contributed by atoms with Crippen LogP contribution in [0.3, 0.4) is 0 Å². The van der Waals surface area contributed by atoms with Crippen molar-refractivity contribution in [1.82, 2.24) is 20.4 Å². The van der Waals surface area contributed by atoms with Crippen molar-refractivity contribution in [3.8, 4) is 5.75 Å². The van der Waals surface area contributed by atoms with Crippen LogP contribution in [-0.4, -0.2) is 36.4 Å². The number of aliphatic imine (C=N–C) groups is 1. The Labute approximate surface area is 167 Å². The molecule has 25 heavy (non-hydrogen) atoms. The van der Waals surface area contributed by atoms with Crippen LogP contribution in [0.5, 0.6) is 5.75 Å². The van der Waals surface area contributed by atoms with E-state index in [-0.39, 0.29) is 30.0 Å². The van der Waals surface area contributed by atoms with Gasteiger partial charge in [-0.25, -0.2) is 0 Å². The van der Waals surface area contributed by atoms with E-state index in [4.69, 9.17) is 4.74 Å². The normalized spacial score (nSPS) is 12.2. The van der Waals surface area contributed by atoms with Crippen molar-refractivity contribution in [3.05, 3.63) is 47.8 Å². The van der Waals surface area contributed by atoms with Crippen molar-refractivity contribution in [1.29, 1.82) is 0 Å². The molecule has 2 rings (SSSR count). The fourth-order valence-corrected chi connectivity index (χ4v) is 2.55. The second-order valence-electron chi connectivity index (χ2n) is 5.73. The highest BCUT2D eigenvalue weighted by Crippen LogP contribution is 2.25. The van der Waals surface area contributed by atoms with Gasteiger partial charge in [0.25, 0.3) is 0 Å². The highest BCUT2D eigenvalue weighted by Gasteiger charge is 2.13. The third kappa shape index (κ3) is 6.56. The molecule has 1 unspecified atom stereocenters. The number of hydrogen-bond acceptors (Lipinski definition) is 3. The van der Waals surface area contributed by atoms with Gasteiger partial charge in [0.15, 0.2) is 5.96 Å². The maximum atomic E-state index is 5.47. The number of halogens is 1. The summed E-state index contributed by atoms with van der Waals surface area (Å²) in [5.41, 5.74) is 2.33. The first-order valence-electron chi connectivity index (χ1n) is 8.23. The molecule has 1 aromatic heterocycles. The Balaban J connectivity index is 0.00000312. The SMILES string of the molecule is CN=C(NCCCn1cccn1)NC(C)c1cc(C)ccc1OC.I. The summed E-state index contributed by atoms with van der Waals surface area (Å²) >= 11 is 0. The lowest BCUT2D eigenvalue weighted by Gasteiger charge is -2.20. The van der Waals surface area contributed by atoms with Gasteiger partial charge in [0.05, 0.1) is 13.2 Å². The van der Waals surface area contributed by atoms with Crippen molar-refractivity contribution in [2.24, 2.45) is 4.99 Å². The molecular formula is C18H28IN5O. The van der Waals surface area contributed by atoms with Crippen LogP contribution in [0.25, 0.3) is 0 Å². The molecule has 0 amide bonds. The maximum absolute atomic E-state index is 5.47. The van der Waals surface area contributed by atoms with E-state index in [1.54, 1.807) is 20.4 Å². The molecule has 2 aromatic rings. The molecule has 1 atom stereocenters. The smallest absolute Gasteiger partial charge is 0.191 e. The summed E-state index contributed by atoms with van der Waals surface area (Å²) in [5.74, 6) is 1.67.